The molecule has 0 atom stereocenters. The van der Waals surface area contributed by atoms with Crippen molar-refractivity contribution in [1.82, 2.24) is 4.98 Å². The van der Waals surface area contributed by atoms with Gasteiger partial charge in [0.15, 0.2) is 6.20 Å². The molecule has 3 heterocycles. The highest BCUT2D eigenvalue weighted by molar-refractivity contribution is 5.97. The van der Waals surface area contributed by atoms with Gasteiger partial charge in [-0.15, -0.1) is 0 Å². The molecule has 0 fully saturated rings. The number of aryl methyl sites for hydroxylation is 3. The molecule has 0 aliphatic carbocycles. The maximum atomic E-state index is 4.78. The number of pyridine rings is 3. The van der Waals surface area contributed by atoms with Crippen LogP contribution in [0.2, 0.25) is 0 Å². The second-order valence-electron chi connectivity index (χ2n) is 9.38. The molecule has 3 aromatic carbocycles. The van der Waals surface area contributed by atoms with E-state index >= 15 is 0 Å². The molecular formula is C33H27N2+. The van der Waals surface area contributed by atoms with Crippen LogP contribution in [0.4, 0.5) is 0 Å². The van der Waals surface area contributed by atoms with E-state index in [9.17, 15) is 0 Å². The summed E-state index contributed by atoms with van der Waals surface area (Å²) in [5, 5.41) is 2.49. The van der Waals surface area contributed by atoms with Gasteiger partial charge in [0, 0.05) is 29.5 Å². The Morgan fingerprint density at radius 3 is 2.20 bits per heavy atom. The van der Waals surface area contributed by atoms with Gasteiger partial charge >= 0.3 is 0 Å². The molecule has 0 N–H and O–H groups in total. The van der Waals surface area contributed by atoms with Gasteiger partial charge in [-0.25, -0.2) is 0 Å². The SMILES string of the molecule is Cc1ccc(-c2ccc(C)cc2-c2cc3ccccc3c3cc(C)c(-c4ccccc4)c[n+]23)nc1. The molecule has 35 heavy (non-hydrogen) atoms. The number of aromatic nitrogens is 2. The largest absolute Gasteiger partial charge is 0.256 e. The number of benzene rings is 3. The summed E-state index contributed by atoms with van der Waals surface area (Å²) in [6, 6.07) is 34.9. The summed E-state index contributed by atoms with van der Waals surface area (Å²) >= 11 is 0. The molecule has 0 radical (unpaired) electrons. The fourth-order valence-electron chi connectivity index (χ4n) is 4.98. The second-order valence-corrected chi connectivity index (χ2v) is 9.38. The number of hydrogen-bond donors (Lipinski definition) is 0. The number of hydrogen-bond acceptors (Lipinski definition) is 1. The summed E-state index contributed by atoms with van der Waals surface area (Å²) in [4.78, 5) is 4.78. The lowest BCUT2D eigenvalue weighted by Crippen LogP contribution is -2.26. The maximum absolute atomic E-state index is 4.78. The Labute approximate surface area is 206 Å². The van der Waals surface area contributed by atoms with Crippen molar-refractivity contribution in [2.45, 2.75) is 20.8 Å². The van der Waals surface area contributed by atoms with E-state index in [0.29, 0.717) is 0 Å². The zero-order chi connectivity index (χ0) is 23.9. The normalized spacial score (nSPS) is 11.3. The Morgan fingerprint density at radius 2 is 1.40 bits per heavy atom. The van der Waals surface area contributed by atoms with Crippen LogP contribution in [0.15, 0.2) is 109 Å². The van der Waals surface area contributed by atoms with E-state index in [2.05, 4.69) is 128 Å². The summed E-state index contributed by atoms with van der Waals surface area (Å²) in [6.45, 7) is 6.44. The third-order valence-corrected chi connectivity index (χ3v) is 6.81. The van der Waals surface area contributed by atoms with Crippen LogP contribution in [-0.2, 0) is 0 Å². The Kier molecular flexibility index (Phi) is 5.15. The fourth-order valence-corrected chi connectivity index (χ4v) is 4.98. The molecule has 2 nitrogen and oxygen atoms in total. The van der Waals surface area contributed by atoms with Gasteiger partial charge in [0.05, 0.1) is 16.6 Å². The molecule has 0 saturated carbocycles. The highest BCUT2D eigenvalue weighted by Crippen LogP contribution is 2.34. The van der Waals surface area contributed by atoms with Gasteiger partial charge in [-0.3, -0.25) is 4.98 Å². The molecule has 0 amide bonds. The van der Waals surface area contributed by atoms with Crippen LogP contribution in [-0.4, -0.2) is 4.98 Å². The first-order valence-corrected chi connectivity index (χ1v) is 12.1. The van der Waals surface area contributed by atoms with E-state index < -0.39 is 0 Å². The summed E-state index contributed by atoms with van der Waals surface area (Å²) in [7, 11) is 0. The first kappa shape index (κ1) is 21.2. The van der Waals surface area contributed by atoms with Gasteiger partial charge in [0.1, 0.15) is 0 Å². The van der Waals surface area contributed by atoms with Crippen molar-refractivity contribution in [2.24, 2.45) is 0 Å². The van der Waals surface area contributed by atoms with E-state index in [1.165, 1.54) is 44.1 Å². The smallest absolute Gasteiger partial charge is 0.219 e. The zero-order valence-electron chi connectivity index (χ0n) is 20.3. The monoisotopic (exact) mass is 451 g/mol. The maximum Gasteiger partial charge on any atom is 0.219 e. The number of nitrogens with zero attached hydrogens (tertiary/aromatic N) is 2. The van der Waals surface area contributed by atoms with Crippen LogP contribution >= 0.6 is 0 Å². The lowest BCUT2D eigenvalue weighted by molar-refractivity contribution is -0.497. The van der Waals surface area contributed by atoms with E-state index in [1.54, 1.807) is 0 Å². The van der Waals surface area contributed by atoms with Crippen LogP contribution < -0.4 is 4.40 Å². The first-order chi connectivity index (χ1) is 17.1. The van der Waals surface area contributed by atoms with Crippen LogP contribution in [0.5, 0.6) is 0 Å². The molecule has 168 valence electrons. The van der Waals surface area contributed by atoms with Crippen molar-refractivity contribution < 1.29 is 4.40 Å². The molecule has 2 heteroatoms. The number of fused-ring (bicyclic) bond motifs is 3. The average Bonchev–Trinajstić information content (AvgIpc) is 2.89. The van der Waals surface area contributed by atoms with Crippen molar-refractivity contribution in [1.29, 1.82) is 0 Å². The molecule has 0 aliphatic heterocycles. The molecular weight excluding hydrogens is 424 g/mol. The van der Waals surface area contributed by atoms with Crippen molar-refractivity contribution in [3.05, 3.63) is 126 Å². The van der Waals surface area contributed by atoms with Crippen molar-refractivity contribution in [2.75, 3.05) is 0 Å². The van der Waals surface area contributed by atoms with Crippen LogP contribution in [0, 0.1) is 20.8 Å². The highest BCUT2D eigenvalue weighted by atomic mass is 14.9. The zero-order valence-corrected chi connectivity index (χ0v) is 20.3. The summed E-state index contributed by atoms with van der Waals surface area (Å²) in [5.74, 6) is 0. The molecule has 0 spiro atoms. The Morgan fingerprint density at radius 1 is 0.629 bits per heavy atom. The first-order valence-electron chi connectivity index (χ1n) is 12.1. The molecule has 0 saturated heterocycles. The molecule has 6 rings (SSSR count). The lowest BCUT2D eigenvalue weighted by atomic mass is 9.95. The van der Waals surface area contributed by atoms with Gasteiger partial charge in [0.2, 0.25) is 11.2 Å². The quantitative estimate of drug-likeness (QED) is 0.197. The average molecular weight is 452 g/mol. The van der Waals surface area contributed by atoms with Crippen LogP contribution in [0.25, 0.3) is 49.9 Å². The topological polar surface area (TPSA) is 17.0 Å². The van der Waals surface area contributed by atoms with Gasteiger partial charge in [0.25, 0.3) is 0 Å². The van der Waals surface area contributed by atoms with Crippen molar-refractivity contribution in [3.63, 3.8) is 0 Å². The minimum atomic E-state index is 0.989. The second kappa shape index (κ2) is 8.48. The Balaban J connectivity index is 1.72. The van der Waals surface area contributed by atoms with Gasteiger partial charge in [-0.1, -0.05) is 72.3 Å². The summed E-state index contributed by atoms with van der Waals surface area (Å²) in [5.41, 5.74) is 11.8. The predicted molar refractivity (Wildman–Crippen MR) is 145 cm³/mol. The molecule has 6 aromatic rings. The minimum absolute atomic E-state index is 0.989. The van der Waals surface area contributed by atoms with E-state index in [-0.39, 0.29) is 0 Å². The van der Waals surface area contributed by atoms with Crippen molar-refractivity contribution in [3.8, 4) is 33.6 Å². The highest BCUT2D eigenvalue weighted by Gasteiger charge is 2.22. The summed E-state index contributed by atoms with van der Waals surface area (Å²) in [6.07, 6.45) is 4.25. The van der Waals surface area contributed by atoms with E-state index in [4.69, 9.17) is 4.98 Å². The third-order valence-electron chi connectivity index (χ3n) is 6.81. The molecule has 0 aliphatic rings. The fraction of sp³-hybridized carbons (Fsp3) is 0.0909. The minimum Gasteiger partial charge on any atom is -0.256 e. The van der Waals surface area contributed by atoms with E-state index in [0.717, 1.165) is 22.5 Å². The van der Waals surface area contributed by atoms with Crippen LogP contribution in [0.1, 0.15) is 16.7 Å². The Bertz CT molecular complexity index is 1700. The van der Waals surface area contributed by atoms with E-state index in [1.807, 2.05) is 6.20 Å². The lowest BCUT2D eigenvalue weighted by Gasteiger charge is -2.12. The number of rotatable bonds is 3. The standard InChI is InChI=1S/C33H27N2/c1-22-13-15-28(31-16-14-23(2)20-34-31)29(17-22)33-19-26-11-7-8-12-27(26)32-18-24(3)30(21-35(32)33)25-9-5-4-6-10-25/h4-21H,1-3H3/q+1. The third kappa shape index (κ3) is 3.77. The summed E-state index contributed by atoms with van der Waals surface area (Å²) < 4.78 is 2.37. The Hall–Kier alpha value is -4.30. The van der Waals surface area contributed by atoms with Gasteiger partial charge in [-0.05, 0) is 61.0 Å². The molecule has 3 aromatic heterocycles. The van der Waals surface area contributed by atoms with Gasteiger partial charge < -0.3 is 0 Å². The van der Waals surface area contributed by atoms with Crippen LogP contribution in [0.3, 0.4) is 0 Å². The molecule has 0 unspecified atom stereocenters. The molecule has 0 bridgehead atoms. The predicted octanol–water partition coefficient (Wildman–Crippen LogP) is 7.90. The van der Waals surface area contributed by atoms with Gasteiger partial charge in [-0.2, -0.15) is 4.40 Å². The van der Waals surface area contributed by atoms with Crippen molar-refractivity contribution >= 4 is 16.3 Å².